The Bertz CT molecular complexity index is 476. The number of benzene rings is 1. The lowest BCUT2D eigenvalue weighted by Gasteiger charge is -2.36. The number of halogens is 6. The lowest BCUT2D eigenvalue weighted by atomic mass is 10.1. The van der Waals surface area contributed by atoms with Crippen molar-refractivity contribution in [3.8, 4) is 0 Å². The second-order valence-electron chi connectivity index (χ2n) is 5.01. The van der Waals surface area contributed by atoms with Crippen LogP contribution in [-0.4, -0.2) is 25.7 Å². The van der Waals surface area contributed by atoms with E-state index < -0.39 is 23.5 Å². The highest BCUT2D eigenvalue weighted by atomic mass is 19.4. The number of hydrogen-bond acceptors (Lipinski definition) is 2. The molecular formula is C13H14F6N2. The van der Waals surface area contributed by atoms with Gasteiger partial charge in [0.25, 0.3) is 0 Å². The summed E-state index contributed by atoms with van der Waals surface area (Å²) in [5, 5.41) is 3.04. The molecule has 1 N–H and O–H groups in total. The standard InChI is InChI=1S/C13H14F6N2/c1-8-7-20-2-3-21(8)11-5-9(12(14,15)16)4-10(6-11)13(17,18)19/h4-6,8,20H,2-3,7H2,1H3/t8-/m0/s1. The summed E-state index contributed by atoms with van der Waals surface area (Å²) in [7, 11) is 0. The van der Waals surface area contributed by atoms with E-state index in [9.17, 15) is 26.3 Å². The van der Waals surface area contributed by atoms with Crippen molar-refractivity contribution in [3.05, 3.63) is 29.3 Å². The van der Waals surface area contributed by atoms with Gasteiger partial charge in [0.15, 0.2) is 0 Å². The molecule has 1 aromatic rings. The first kappa shape index (κ1) is 15.9. The Morgan fingerprint density at radius 1 is 1.00 bits per heavy atom. The van der Waals surface area contributed by atoms with Gasteiger partial charge < -0.3 is 10.2 Å². The van der Waals surface area contributed by atoms with Crippen LogP contribution in [0.2, 0.25) is 0 Å². The summed E-state index contributed by atoms with van der Waals surface area (Å²) in [6.45, 7) is 3.14. The highest BCUT2D eigenvalue weighted by molar-refractivity contribution is 5.53. The van der Waals surface area contributed by atoms with E-state index in [1.165, 1.54) is 0 Å². The minimum Gasteiger partial charge on any atom is -0.366 e. The zero-order valence-corrected chi connectivity index (χ0v) is 11.1. The molecule has 0 bridgehead atoms. The van der Waals surface area contributed by atoms with Gasteiger partial charge in [0.1, 0.15) is 0 Å². The molecule has 1 saturated heterocycles. The van der Waals surface area contributed by atoms with Crippen molar-refractivity contribution >= 4 is 5.69 Å². The number of nitrogens with one attached hydrogen (secondary N) is 1. The Hall–Kier alpha value is -1.44. The van der Waals surface area contributed by atoms with Crippen LogP contribution >= 0.6 is 0 Å². The van der Waals surface area contributed by atoms with Crippen LogP contribution < -0.4 is 10.2 Å². The first-order valence-corrected chi connectivity index (χ1v) is 6.36. The normalized spacial score (nSPS) is 20.7. The number of anilines is 1. The van der Waals surface area contributed by atoms with Crippen LogP contribution in [0.1, 0.15) is 18.1 Å². The molecule has 1 aliphatic heterocycles. The summed E-state index contributed by atoms with van der Waals surface area (Å²) in [5.74, 6) is 0. The summed E-state index contributed by atoms with van der Waals surface area (Å²) in [6, 6.07) is 1.52. The van der Waals surface area contributed by atoms with Gasteiger partial charge in [0, 0.05) is 31.4 Å². The zero-order valence-electron chi connectivity index (χ0n) is 11.1. The molecule has 1 atom stereocenters. The van der Waals surface area contributed by atoms with Crippen LogP contribution in [0.25, 0.3) is 0 Å². The van der Waals surface area contributed by atoms with E-state index in [0.717, 1.165) is 12.1 Å². The smallest absolute Gasteiger partial charge is 0.366 e. The van der Waals surface area contributed by atoms with Crippen molar-refractivity contribution in [2.45, 2.75) is 25.3 Å². The fourth-order valence-corrected chi connectivity index (χ4v) is 2.33. The van der Waals surface area contributed by atoms with Crippen LogP contribution in [0.15, 0.2) is 18.2 Å². The van der Waals surface area contributed by atoms with Gasteiger partial charge in [-0.1, -0.05) is 0 Å². The average molecular weight is 312 g/mol. The quantitative estimate of drug-likeness (QED) is 0.798. The number of nitrogens with zero attached hydrogens (tertiary/aromatic N) is 1. The van der Waals surface area contributed by atoms with Crippen LogP contribution in [0.5, 0.6) is 0 Å². The SMILES string of the molecule is C[C@H]1CNCCN1c1cc(C(F)(F)F)cc(C(F)(F)F)c1. The van der Waals surface area contributed by atoms with Crippen LogP contribution in [0.4, 0.5) is 32.0 Å². The molecule has 0 aliphatic carbocycles. The van der Waals surface area contributed by atoms with Gasteiger partial charge >= 0.3 is 12.4 Å². The van der Waals surface area contributed by atoms with E-state index in [4.69, 9.17) is 0 Å². The minimum absolute atomic E-state index is 0.0499. The van der Waals surface area contributed by atoms with E-state index in [2.05, 4.69) is 5.32 Å². The molecule has 1 aromatic carbocycles. The Morgan fingerprint density at radius 3 is 1.95 bits per heavy atom. The van der Waals surface area contributed by atoms with Crippen molar-refractivity contribution in [1.29, 1.82) is 0 Å². The van der Waals surface area contributed by atoms with Gasteiger partial charge in [-0.05, 0) is 25.1 Å². The molecule has 0 radical (unpaired) electrons. The molecule has 0 saturated carbocycles. The molecule has 2 rings (SSSR count). The first-order chi connectivity index (χ1) is 9.59. The van der Waals surface area contributed by atoms with Crippen molar-refractivity contribution in [1.82, 2.24) is 5.32 Å². The molecular weight excluding hydrogens is 298 g/mol. The lowest BCUT2D eigenvalue weighted by molar-refractivity contribution is -0.143. The summed E-state index contributed by atoms with van der Waals surface area (Å²) >= 11 is 0. The molecule has 2 nitrogen and oxygen atoms in total. The Balaban J connectivity index is 2.49. The maximum Gasteiger partial charge on any atom is 0.416 e. The Kier molecular flexibility index (Phi) is 4.10. The van der Waals surface area contributed by atoms with E-state index in [1.807, 2.05) is 0 Å². The molecule has 118 valence electrons. The highest BCUT2D eigenvalue weighted by Crippen LogP contribution is 2.38. The minimum atomic E-state index is -4.81. The summed E-state index contributed by atoms with van der Waals surface area (Å²) < 4.78 is 76.8. The predicted octanol–water partition coefficient (Wildman–Crippen LogP) is 3.52. The zero-order chi connectivity index (χ0) is 15.8. The van der Waals surface area contributed by atoms with Crippen LogP contribution in [0, 0.1) is 0 Å². The lowest BCUT2D eigenvalue weighted by Crippen LogP contribution is -2.50. The first-order valence-electron chi connectivity index (χ1n) is 6.36. The number of piperazine rings is 1. The maximum absolute atomic E-state index is 12.8. The van der Waals surface area contributed by atoms with E-state index in [0.29, 0.717) is 19.6 Å². The second-order valence-corrected chi connectivity index (χ2v) is 5.01. The largest absolute Gasteiger partial charge is 0.416 e. The summed E-state index contributed by atoms with van der Waals surface area (Å²) in [4.78, 5) is 1.56. The Morgan fingerprint density at radius 2 is 1.52 bits per heavy atom. The predicted molar refractivity (Wildman–Crippen MR) is 66.1 cm³/mol. The second kappa shape index (κ2) is 5.40. The molecule has 0 amide bonds. The van der Waals surface area contributed by atoms with Crippen molar-refractivity contribution < 1.29 is 26.3 Å². The fraction of sp³-hybridized carbons (Fsp3) is 0.538. The van der Waals surface area contributed by atoms with Crippen LogP contribution in [0.3, 0.4) is 0 Å². The monoisotopic (exact) mass is 312 g/mol. The third-order valence-corrected chi connectivity index (χ3v) is 3.41. The van der Waals surface area contributed by atoms with Gasteiger partial charge in [-0.3, -0.25) is 0 Å². The van der Waals surface area contributed by atoms with E-state index >= 15 is 0 Å². The van der Waals surface area contributed by atoms with Crippen molar-refractivity contribution in [2.24, 2.45) is 0 Å². The molecule has 0 aromatic heterocycles. The van der Waals surface area contributed by atoms with Gasteiger partial charge in [0.05, 0.1) is 11.1 Å². The van der Waals surface area contributed by atoms with E-state index in [-0.39, 0.29) is 17.8 Å². The third-order valence-electron chi connectivity index (χ3n) is 3.41. The Labute approximate surface area is 117 Å². The molecule has 21 heavy (non-hydrogen) atoms. The highest BCUT2D eigenvalue weighted by Gasteiger charge is 2.37. The fourth-order valence-electron chi connectivity index (χ4n) is 2.33. The van der Waals surface area contributed by atoms with Gasteiger partial charge in [-0.25, -0.2) is 0 Å². The molecule has 1 aliphatic rings. The van der Waals surface area contributed by atoms with Gasteiger partial charge in [-0.15, -0.1) is 0 Å². The molecule has 0 spiro atoms. The van der Waals surface area contributed by atoms with Crippen molar-refractivity contribution in [3.63, 3.8) is 0 Å². The maximum atomic E-state index is 12.8. The van der Waals surface area contributed by atoms with Crippen molar-refractivity contribution in [2.75, 3.05) is 24.5 Å². The summed E-state index contributed by atoms with van der Waals surface area (Å²) in [5.41, 5.74) is -2.61. The summed E-state index contributed by atoms with van der Waals surface area (Å²) in [6.07, 6.45) is -9.62. The number of alkyl halides is 6. The van der Waals surface area contributed by atoms with Gasteiger partial charge in [-0.2, -0.15) is 26.3 Å². The molecule has 1 heterocycles. The van der Waals surface area contributed by atoms with Crippen LogP contribution in [-0.2, 0) is 12.4 Å². The van der Waals surface area contributed by atoms with E-state index in [1.54, 1.807) is 11.8 Å². The van der Waals surface area contributed by atoms with Gasteiger partial charge in [0.2, 0.25) is 0 Å². The number of hydrogen-bond donors (Lipinski definition) is 1. The molecule has 0 unspecified atom stereocenters. The molecule has 8 heteroatoms. The molecule has 1 fully saturated rings. The number of rotatable bonds is 1. The topological polar surface area (TPSA) is 15.3 Å². The average Bonchev–Trinajstić information content (AvgIpc) is 2.36. The third kappa shape index (κ3) is 3.61.